The average Bonchev–Trinajstić information content (AvgIpc) is 2.95. The van der Waals surface area contributed by atoms with Gasteiger partial charge in [-0.25, -0.2) is 0 Å². The fraction of sp³-hybridized carbons (Fsp3) is 0.125. The zero-order chi connectivity index (χ0) is 19.8. The van der Waals surface area contributed by atoms with Gasteiger partial charge in [0, 0.05) is 16.3 Å². The lowest BCUT2D eigenvalue weighted by Crippen LogP contribution is -2.30. The predicted molar refractivity (Wildman–Crippen MR) is 114 cm³/mol. The van der Waals surface area contributed by atoms with Crippen molar-refractivity contribution in [2.45, 2.75) is 19.9 Å². The summed E-state index contributed by atoms with van der Waals surface area (Å²) in [6.07, 6.45) is 0. The molecule has 1 amide bonds. The van der Waals surface area contributed by atoms with Crippen molar-refractivity contribution in [3.05, 3.63) is 106 Å². The van der Waals surface area contributed by atoms with E-state index in [0.717, 1.165) is 22.3 Å². The van der Waals surface area contributed by atoms with Crippen LogP contribution in [0.3, 0.4) is 0 Å². The maximum atomic E-state index is 13.1. The molecule has 0 aromatic heterocycles. The van der Waals surface area contributed by atoms with E-state index in [9.17, 15) is 9.90 Å². The fourth-order valence-corrected chi connectivity index (χ4v) is 3.84. The first-order chi connectivity index (χ1) is 13.5. The van der Waals surface area contributed by atoms with Crippen molar-refractivity contribution in [2.75, 3.05) is 4.90 Å². The number of anilines is 1. The molecular weight excluding hydrogens is 370 g/mol. The molecule has 0 radical (unpaired) electrons. The summed E-state index contributed by atoms with van der Waals surface area (Å²) in [5.41, 5.74) is 5.07. The van der Waals surface area contributed by atoms with Gasteiger partial charge in [-0.05, 0) is 43.2 Å². The van der Waals surface area contributed by atoms with Gasteiger partial charge >= 0.3 is 0 Å². The van der Waals surface area contributed by atoms with Crippen LogP contribution in [0.4, 0.5) is 5.69 Å². The van der Waals surface area contributed by atoms with Crippen molar-refractivity contribution in [3.63, 3.8) is 0 Å². The smallest absolute Gasteiger partial charge is 0.294 e. The number of rotatable bonds is 3. The van der Waals surface area contributed by atoms with E-state index in [4.69, 9.17) is 11.6 Å². The van der Waals surface area contributed by atoms with Crippen LogP contribution in [0.5, 0.6) is 0 Å². The molecule has 0 saturated carbocycles. The molecule has 3 aromatic rings. The highest BCUT2D eigenvalue weighted by molar-refractivity contribution is 6.32. The Morgan fingerprint density at radius 1 is 0.857 bits per heavy atom. The summed E-state index contributed by atoms with van der Waals surface area (Å²) in [5.74, 6) is -0.668. The monoisotopic (exact) mass is 389 g/mol. The van der Waals surface area contributed by atoms with Gasteiger partial charge in [0.05, 0.1) is 6.04 Å². The highest BCUT2D eigenvalue weighted by atomic mass is 35.5. The van der Waals surface area contributed by atoms with Gasteiger partial charge in [0.15, 0.2) is 5.76 Å². The van der Waals surface area contributed by atoms with Crippen LogP contribution in [-0.4, -0.2) is 11.0 Å². The van der Waals surface area contributed by atoms with Crippen LogP contribution in [0.25, 0.3) is 5.57 Å². The van der Waals surface area contributed by atoms with Crippen molar-refractivity contribution in [1.29, 1.82) is 0 Å². The van der Waals surface area contributed by atoms with E-state index in [2.05, 4.69) is 0 Å². The summed E-state index contributed by atoms with van der Waals surface area (Å²) in [5, 5.41) is 11.4. The van der Waals surface area contributed by atoms with Crippen molar-refractivity contribution in [1.82, 2.24) is 0 Å². The number of aliphatic hydroxyl groups is 1. The van der Waals surface area contributed by atoms with Crippen LogP contribution in [0.15, 0.2) is 78.6 Å². The highest BCUT2D eigenvalue weighted by Crippen LogP contribution is 2.46. The first kappa shape index (κ1) is 18.3. The number of carbonyl (C=O) groups is 1. The molecule has 4 rings (SSSR count). The van der Waals surface area contributed by atoms with Crippen LogP contribution in [0.2, 0.25) is 5.02 Å². The second-order valence-electron chi connectivity index (χ2n) is 7.06. The summed E-state index contributed by atoms with van der Waals surface area (Å²) in [6, 6.07) is 22.4. The Morgan fingerprint density at radius 3 is 2.04 bits per heavy atom. The standard InChI is InChI=1S/C24H20ClNO2/c1-15-7-11-17(12-8-15)21-22(19-5-3-4-6-20(19)25)26(24(28)23(21)27)18-13-9-16(2)10-14-18/h3-14,22,27H,1-2H3/t22-/m1/s1. The minimum Gasteiger partial charge on any atom is -0.503 e. The van der Waals surface area contributed by atoms with Crippen LogP contribution < -0.4 is 4.90 Å². The normalized spacial score (nSPS) is 16.8. The third-order valence-electron chi connectivity index (χ3n) is 5.08. The highest BCUT2D eigenvalue weighted by Gasteiger charge is 2.42. The number of hydrogen-bond donors (Lipinski definition) is 1. The van der Waals surface area contributed by atoms with E-state index in [-0.39, 0.29) is 5.76 Å². The second-order valence-corrected chi connectivity index (χ2v) is 7.47. The first-order valence-corrected chi connectivity index (χ1v) is 9.50. The average molecular weight is 390 g/mol. The molecule has 0 fully saturated rings. The molecule has 0 spiro atoms. The third-order valence-corrected chi connectivity index (χ3v) is 5.43. The molecular formula is C24H20ClNO2. The number of aryl methyl sites for hydroxylation is 2. The minimum absolute atomic E-state index is 0.241. The summed E-state index contributed by atoms with van der Waals surface area (Å²) < 4.78 is 0. The Labute approximate surface area is 169 Å². The number of amides is 1. The van der Waals surface area contributed by atoms with Gasteiger partial charge < -0.3 is 5.11 Å². The van der Waals surface area contributed by atoms with Crippen LogP contribution in [-0.2, 0) is 4.79 Å². The van der Waals surface area contributed by atoms with E-state index < -0.39 is 11.9 Å². The Kier molecular flexibility index (Phi) is 4.70. The van der Waals surface area contributed by atoms with Gasteiger partial charge in [0.2, 0.25) is 0 Å². The molecule has 140 valence electrons. The molecule has 3 aromatic carbocycles. The number of halogens is 1. The Hall–Kier alpha value is -3.04. The van der Waals surface area contributed by atoms with Crippen molar-refractivity contribution in [2.24, 2.45) is 0 Å². The quantitative estimate of drug-likeness (QED) is 0.595. The maximum Gasteiger partial charge on any atom is 0.294 e. The summed E-state index contributed by atoms with van der Waals surface area (Å²) in [7, 11) is 0. The van der Waals surface area contributed by atoms with Crippen molar-refractivity contribution in [3.8, 4) is 0 Å². The van der Waals surface area contributed by atoms with E-state index in [1.807, 2.05) is 80.6 Å². The van der Waals surface area contributed by atoms with Crippen LogP contribution >= 0.6 is 11.6 Å². The Morgan fingerprint density at radius 2 is 1.43 bits per heavy atom. The summed E-state index contributed by atoms with van der Waals surface area (Å²) >= 11 is 6.51. The second kappa shape index (κ2) is 7.17. The van der Waals surface area contributed by atoms with Gasteiger partial charge in [0.1, 0.15) is 0 Å². The lowest BCUT2D eigenvalue weighted by molar-refractivity contribution is -0.117. The molecule has 0 aliphatic carbocycles. The van der Waals surface area contributed by atoms with Gasteiger partial charge in [-0.2, -0.15) is 0 Å². The largest absolute Gasteiger partial charge is 0.503 e. The summed E-state index contributed by atoms with van der Waals surface area (Å²) in [6.45, 7) is 4.00. The predicted octanol–water partition coefficient (Wildman–Crippen LogP) is 6.01. The Balaban J connectivity index is 1.93. The van der Waals surface area contributed by atoms with Crippen molar-refractivity contribution >= 4 is 28.8 Å². The minimum atomic E-state index is -0.508. The van der Waals surface area contributed by atoms with Gasteiger partial charge in [-0.15, -0.1) is 0 Å². The summed E-state index contributed by atoms with van der Waals surface area (Å²) in [4.78, 5) is 14.7. The van der Waals surface area contributed by atoms with Crippen molar-refractivity contribution < 1.29 is 9.90 Å². The number of carbonyl (C=O) groups excluding carboxylic acids is 1. The third kappa shape index (κ3) is 3.08. The molecule has 28 heavy (non-hydrogen) atoms. The SMILES string of the molecule is Cc1ccc(C2=C(O)C(=O)N(c3ccc(C)cc3)[C@@H]2c2ccccc2Cl)cc1. The zero-order valence-electron chi connectivity index (χ0n) is 15.7. The maximum absolute atomic E-state index is 13.1. The molecule has 4 heteroatoms. The number of aliphatic hydroxyl groups excluding tert-OH is 1. The first-order valence-electron chi connectivity index (χ1n) is 9.12. The van der Waals surface area contributed by atoms with Crippen LogP contribution in [0.1, 0.15) is 28.3 Å². The molecule has 1 aliphatic rings. The number of benzene rings is 3. The van der Waals surface area contributed by atoms with Gasteiger partial charge in [-0.3, -0.25) is 9.69 Å². The van der Waals surface area contributed by atoms with Crippen LogP contribution in [0, 0.1) is 13.8 Å². The molecule has 0 bridgehead atoms. The topological polar surface area (TPSA) is 40.5 Å². The molecule has 1 atom stereocenters. The fourth-order valence-electron chi connectivity index (χ4n) is 3.60. The molecule has 0 unspecified atom stereocenters. The van der Waals surface area contributed by atoms with E-state index in [1.54, 1.807) is 11.0 Å². The molecule has 0 saturated heterocycles. The lowest BCUT2D eigenvalue weighted by atomic mass is 9.92. The van der Waals surface area contributed by atoms with E-state index >= 15 is 0 Å². The molecule has 1 aliphatic heterocycles. The van der Waals surface area contributed by atoms with E-state index in [1.165, 1.54) is 0 Å². The Bertz CT molecular complexity index is 1070. The lowest BCUT2D eigenvalue weighted by Gasteiger charge is -2.28. The molecule has 1 heterocycles. The zero-order valence-corrected chi connectivity index (χ0v) is 16.4. The van der Waals surface area contributed by atoms with Gasteiger partial charge in [0.25, 0.3) is 5.91 Å². The van der Waals surface area contributed by atoms with Gasteiger partial charge in [-0.1, -0.05) is 77.3 Å². The molecule has 3 nitrogen and oxygen atoms in total. The number of nitrogens with zero attached hydrogens (tertiary/aromatic N) is 1. The van der Waals surface area contributed by atoms with E-state index in [0.29, 0.717) is 16.3 Å². The number of hydrogen-bond acceptors (Lipinski definition) is 2. The molecule has 1 N–H and O–H groups in total.